The highest BCUT2D eigenvalue weighted by Crippen LogP contribution is 2.29. The van der Waals surface area contributed by atoms with E-state index >= 15 is 0 Å². The number of ether oxygens (including phenoxy) is 1. The Morgan fingerprint density at radius 2 is 1.94 bits per heavy atom. The number of carbonyl (C=O) groups excluding carboxylic acids is 1. The molecule has 1 amide bonds. The molecule has 94 valence electrons. The van der Waals surface area contributed by atoms with Crippen LogP contribution in [-0.4, -0.2) is 57.8 Å². The fourth-order valence-corrected chi connectivity index (χ4v) is 1.98. The maximum Gasteiger partial charge on any atom is 0.217 e. The van der Waals surface area contributed by atoms with Gasteiger partial charge in [-0.1, -0.05) is 0 Å². The van der Waals surface area contributed by atoms with Gasteiger partial charge in [0, 0.05) is 6.92 Å². The first-order valence-corrected chi connectivity index (χ1v) is 5.21. The second kappa shape index (κ2) is 4.67. The molecule has 0 aliphatic carbocycles. The second-order valence-corrected chi connectivity index (χ2v) is 4.60. The van der Waals surface area contributed by atoms with Gasteiger partial charge in [0.15, 0.2) is 0 Å². The van der Waals surface area contributed by atoms with Crippen LogP contribution in [-0.2, 0) is 9.53 Å². The first-order valence-electron chi connectivity index (χ1n) is 5.21. The van der Waals surface area contributed by atoms with Gasteiger partial charge in [0.1, 0.15) is 18.3 Å². The van der Waals surface area contributed by atoms with E-state index < -0.39 is 30.0 Å². The van der Waals surface area contributed by atoms with Gasteiger partial charge in [0.05, 0.1) is 18.2 Å². The maximum absolute atomic E-state index is 11.0. The predicted molar refractivity (Wildman–Crippen MR) is 55.7 cm³/mol. The van der Waals surface area contributed by atoms with Gasteiger partial charge in [-0.15, -0.1) is 0 Å². The third-order valence-corrected chi connectivity index (χ3v) is 2.82. The molecule has 0 bridgehead atoms. The molecule has 3 unspecified atom stereocenters. The van der Waals surface area contributed by atoms with Crippen LogP contribution in [0.1, 0.15) is 20.8 Å². The lowest BCUT2D eigenvalue weighted by Crippen LogP contribution is -2.68. The van der Waals surface area contributed by atoms with Gasteiger partial charge in [-0.05, 0) is 13.8 Å². The van der Waals surface area contributed by atoms with Crippen molar-refractivity contribution in [3.63, 3.8) is 0 Å². The molecule has 16 heavy (non-hydrogen) atoms. The van der Waals surface area contributed by atoms with E-state index in [1.165, 1.54) is 6.92 Å². The summed E-state index contributed by atoms with van der Waals surface area (Å²) in [6.07, 6.45) is -3.21. The highest BCUT2D eigenvalue weighted by atomic mass is 16.5. The molecule has 6 heteroatoms. The van der Waals surface area contributed by atoms with Crippen LogP contribution in [0.15, 0.2) is 0 Å². The lowest BCUT2D eigenvalue weighted by molar-refractivity contribution is -0.227. The molecule has 1 saturated heterocycles. The van der Waals surface area contributed by atoms with E-state index in [0.717, 1.165) is 0 Å². The summed E-state index contributed by atoms with van der Waals surface area (Å²) in [7, 11) is 0. The lowest BCUT2D eigenvalue weighted by Gasteiger charge is -2.47. The van der Waals surface area contributed by atoms with Crippen molar-refractivity contribution in [3.05, 3.63) is 0 Å². The summed E-state index contributed by atoms with van der Waals surface area (Å²) in [6.45, 7) is 4.32. The van der Waals surface area contributed by atoms with Crippen LogP contribution in [0.4, 0.5) is 0 Å². The second-order valence-electron chi connectivity index (χ2n) is 4.60. The summed E-state index contributed by atoms with van der Waals surface area (Å²) in [5.41, 5.74) is -0.849. The number of aliphatic hydroxyl groups excluding tert-OH is 3. The fourth-order valence-electron chi connectivity index (χ4n) is 1.98. The van der Waals surface area contributed by atoms with E-state index in [1.807, 2.05) is 0 Å². The minimum atomic E-state index is -1.21. The number of nitrogens with one attached hydrogen (secondary N) is 1. The van der Waals surface area contributed by atoms with E-state index in [1.54, 1.807) is 13.8 Å². The highest BCUT2D eigenvalue weighted by Gasteiger charge is 2.48. The summed E-state index contributed by atoms with van der Waals surface area (Å²) in [4.78, 5) is 11.0. The third-order valence-electron chi connectivity index (χ3n) is 2.82. The van der Waals surface area contributed by atoms with Crippen molar-refractivity contribution >= 4 is 5.91 Å². The highest BCUT2D eigenvalue weighted by molar-refractivity contribution is 5.73. The first-order chi connectivity index (χ1) is 7.29. The average molecular weight is 233 g/mol. The van der Waals surface area contributed by atoms with Gasteiger partial charge in [0.2, 0.25) is 5.91 Å². The van der Waals surface area contributed by atoms with Gasteiger partial charge in [-0.2, -0.15) is 0 Å². The number of hydrogen-bond acceptors (Lipinski definition) is 5. The van der Waals surface area contributed by atoms with Crippen LogP contribution in [0.3, 0.4) is 0 Å². The van der Waals surface area contributed by atoms with Crippen molar-refractivity contribution in [1.82, 2.24) is 5.32 Å². The molecule has 0 aromatic heterocycles. The van der Waals surface area contributed by atoms with Gasteiger partial charge in [-0.3, -0.25) is 4.79 Å². The summed E-state index contributed by atoms with van der Waals surface area (Å²) < 4.78 is 5.44. The van der Waals surface area contributed by atoms with E-state index in [4.69, 9.17) is 9.84 Å². The third kappa shape index (κ3) is 2.52. The standard InChI is InChI=1S/C10H19NO5/c1-5(13)11-9-8(15)7(14)6(4-12)16-10(9,2)3/h6-9,12,14-15H,4H2,1-3H3,(H,11,13)/t6?,7?,8?,9-/m0/s1. The molecule has 1 fully saturated rings. The monoisotopic (exact) mass is 233 g/mol. The molecule has 0 radical (unpaired) electrons. The molecule has 1 aliphatic heterocycles. The summed E-state index contributed by atoms with van der Waals surface area (Å²) in [5.74, 6) is -0.310. The van der Waals surface area contributed by atoms with Gasteiger partial charge in [0.25, 0.3) is 0 Å². The topological polar surface area (TPSA) is 99.0 Å². The van der Waals surface area contributed by atoms with E-state index in [2.05, 4.69) is 5.32 Å². The van der Waals surface area contributed by atoms with Crippen molar-refractivity contribution < 1.29 is 24.9 Å². The Kier molecular flexibility index (Phi) is 3.90. The zero-order valence-corrected chi connectivity index (χ0v) is 9.67. The van der Waals surface area contributed by atoms with Crippen molar-refractivity contribution in [3.8, 4) is 0 Å². The lowest BCUT2D eigenvalue weighted by atomic mass is 9.85. The molecule has 1 rings (SSSR count). The van der Waals surface area contributed by atoms with E-state index in [9.17, 15) is 15.0 Å². The molecule has 1 aliphatic rings. The Morgan fingerprint density at radius 3 is 2.38 bits per heavy atom. The Morgan fingerprint density at radius 1 is 1.38 bits per heavy atom. The van der Waals surface area contributed by atoms with Crippen molar-refractivity contribution in [2.45, 2.75) is 50.7 Å². The quantitative estimate of drug-likeness (QED) is 0.459. The zero-order valence-electron chi connectivity index (χ0n) is 9.67. The molecular weight excluding hydrogens is 214 g/mol. The van der Waals surface area contributed by atoms with Crippen molar-refractivity contribution in [1.29, 1.82) is 0 Å². The minimum absolute atomic E-state index is 0.310. The summed E-state index contributed by atoms with van der Waals surface area (Å²) in [6, 6.07) is -0.706. The number of aliphatic hydroxyl groups is 3. The molecule has 0 aromatic carbocycles. The van der Waals surface area contributed by atoms with Gasteiger partial charge < -0.3 is 25.4 Å². The summed E-state index contributed by atoms with van der Waals surface area (Å²) in [5, 5.41) is 31.1. The van der Waals surface area contributed by atoms with Crippen LogP contribution >= 0.6 is 0 Å². The van der Waals surface area contributed by atoms with Crippen molar-refractivity contribution in [2.75, 3.05) is 6.61 Å². The van der Waals surface area contributed by atoms with E-state index in [-0.39, 0.29) is 12.5 Å². The number of rotatable bonds is 2. The average Bonchev–Trinajstić information content (AvgIpc) is 2.18. The van der Waals surface area contributed by atoms with Crippen LogP contribution < -0.4 is 5.32 Å². The molecular formula is C10H19NO5. The van der Waals surface area contributed by atoms with Crippen LogP contribution in [0.25, 0.3) is 0 Å². The fraction of sp³-hybridized carbons (Fsp3) is 0.900. The molecule has 4 atom stereocenters. The Bertz CT molecular complexity index is 268. The van der Waals surface area contributed by atoms with Crippen LogP contribution in [0.2, 0.25) is 0 Å². The maximum atomic E-state index is 11.0. The van der Waals surface area contributed by atoms with Gasteiger partial charge in [-0.25, -0.2) is 0 Å². The normalized spacial score (nSPS) is 38.1. The van der Waals surface area contributed by atoms with Gasteiger partial charge >= 0.3 is 0 Å². The molecule has 6 nitrogen and oxygen atoms in total. The summed E-state index contributed by atoms with van der Waals surface area (Å²) >= 11 is 0. The molecule has 0 aromatic rings. The SMILES string of the molecule is CC(=O)N[C@H]1C(O)C(O)C(CO)OC1(C)C. The van der Waals surface area contributed by atoms with Crippen LogP contribution in [0, 0.1) is 0 Å². The molecule has 1 heterocycles. The Hall–Kier alpha value is -0.690. The largest absolute Gasteiger partial charge is 0.394 e. The zero-order chi connectivity index (χ0) is 12.5. The number of carbonyl (C=O) groups is 1. The Labute approximate surface area is 94.2 Å². The Balaban J connectivity index is 2.87. The molecule has 4 N–H and O–H groups in total. The van der Waals surface area contributed by atoms with E-state index in [0.29, 0.717) is 0 Å². The van der Waals surface area contributed by atoms with Crippen LogP contribution in [0.5, 0.6) is 0 Å². The van der Waals surface area contributed by atoms with Crippen molar-refractivity contribution in [2.24, 2.45) is 0 Å². The minimum Gasteiger partial charge on any atom is -0.394 e. The first kappa shape index (κ1) is 13.4. The smallest absolute Gasteiger partial charge is 0.217 e. The predicted octanol–water partition coefficient (Wildman–Crippen LogP) is -1.62. The molecule has 0 spiro atoms. The number of hydrogen-bond donors (Lipinski definition) is 4. The molecule has 0 saturated carbocycles. The number of amides is 1.